The number of methoxy groups -OCH3 is 1. The van der Waals surface area contributed by atoms with Gasteiger partial charge < -0.3 is 9.47 Å². The summed E-state index contributed by atoms with van der Waals surface area (Å²) in [4.78, 5) is 23.5. The number of carbonyl (C=O) groups is 2. The lowest BCUT2D eigenvalue weighted by atomic mass is 10.1. The topological polar surface area (TPSA) is 52.6 Å². The standard InChI is InChI=1S/C18H16O4/c1-21-17-10-6-5-9-15(17)11-12-18(20)22-13-16(19)14-7-3-2-4-8-14/h2-12H,13H2,1H3/b12-11+. The van der Waals surface area contributed by atoms with Crippen molar-refractivity contribution in [2.75, 3.05) is 13.7 Å². The predicted octanol–water partition coefficient (Wildman–Crippen LogP) is 3.13. The van der Waals surface area contributed by atoms with Gasteiger partial charge in [-0.25, -0.2) is 4.79 Å². The Hall–Kier alpha value is -2.88. The van der Waals surface area contributed by atoms with Gasteiger partial charge in [-0.2, -0.15) is 0 Å². The van der Waals surface area contributed by atoms with Gasteiger partial charge in [0, 0.05) is 17.2 Å². The van der Waals surface area contributed by atoms with Crippen LogP contribution in [-0.4, -0.2) is 25.5 Å². The average molecular weight is 296 g/mol. The fourth-order valence-electron chi connectivity index (χ4n) is 1.85. The number of hydrogen-bond donors (Lipinski definition) is 0. The number of ether oxygens (including phenoxy) is 2. The molecule has 0 spiro atoms. The maximum absolute atomic E-state index is 11.8. The smallest absolute Gasteiger partial charge is 0.331 e. The number of ketones is 1. The van der Waals surface area contributed by atoms with Crippen molar-refractivity contribution in [3.8, 4) is 5.75 Å². The van der Waals surface area contributed by atoms with Gasteiger partial charge in [-0.15, -0.1) is 0 Å². The third-order valence-corrected chi connectivity index (χ3v) is 2.98. The van der Waals surface area contributed by atoms with Gasteiger partial charge >= 0.3 is 5.97 Å². The van der Waals surface area contributed by atoms with Crippen LogP contribution < -0.4 is 4.74 Å². The van der Waals surface area contributed by atoms with E-state index in [1.807, 2.05) is 24.3 Å². The molecule has 4 heteroatoms. The predicted molar refractivity (Wildman–Crippen MR) is 83.8 cm³/mol. The van der Waals surface area contributed by atoms with Gasteiger partial charge in [0.05, 0.1) is 7.11 Å². The lowest BCUT2D eigenvalue weighted by Crippen LogP contribution is -2.12. The highest BCUT2D eigenvalue weighted by Crippen LogP contribution is 2.18. The zero-order valence-corrected chi connectivity index (χ0v) is 12.2. The summed E-state index contributed by atoms with van der Waals surface area (Å²) < 4.78 is 10.1. The molecule has 0 atom stereocenters. The minimum Gasteiger partial charge on any atom is -0.496 e. The number of para-hydroxylation sites is 1. The van der Waals surface area contributed by atoms with Crippen LogP contribution in [0, 0.1) is 0 Å². The summed E-state index contributed by atoms with van der Waals surface area (Å²) in [6.45, 7) is -0.279. The van der Waals surface area contributed by atoms with Crippen LogP contribution in [0.2, 0.25) is 0 Å². The Kier molecular flexibility index (Phi) is 5.49. The van der Waals surface area contributed by atoms with E-state index in [2.05, 4.69) is 0 Å². The van der Waals surface area contributed by atoms with E-state index in [0.717, 1.165) is 5.56 Å². The summed E-state index contributed by atoms with van der Waals surface area (Å²) in [5.41, 5.74) is 1.28. The van der Waals surface area contributed by atoms with Crippen LogP contribution in [0.25, 0.3) is 6.08 Å². The molecule has 2 rings (SSSR count). The quantitative estimate of drug-likeness (QED) is 0.467. The van der Waals surface area contributed by atoms with Crippen LogP contribution in [-0.2, 0) is 9.53 Å². The molecule has 22 heavy (non-hydrogen) atoms. The molecule has 0 aromatic heterocycles. The molecular formula is C18H16O4. The molecule has 0 aliphatic carbocycles. The van der Waals surface area contributed by atoms with Crippen LogP contribution in [0.4, 0.5) is 0 Å². The minimum absolute atomic E-state index is 0.236. The number of benzene rings is 2. The maximum Gasteiger partial charge on any atom is 0.331 e. The van der Waals surface area contributed by atoms with Crippen molar-refractivity contribution in [2.24, 2.45) is 0 Å². The van der Waals surface area contributed by atoms with E-state index in [4.69, 9.17) is 9.47 Å². The van der Waals surface area contributed by atoms with Crippen molar-refractivity contribution in [2.45, 2.75) is 0 Å². The van der Waals surface area contributed by atoms with Crippen LogP contribution in [0.1, 0.15) is 15.9 Å². The van der Waals surface area contributed by atoms with E-state index in [-0.39, 0.29) is 12.4 Å². The van der Waals surface area contributed by atoms with Crippen molar-refractivity contribution < 1.29 is 19.1 Å². The zero-order valence-electron chi connectivity index (χ0n) is 12.2. The normalized spacial score (nSPS) is 10.4. The van der Waals surface area contributed by atoms with Crippen LogP contribution in [0.5, 0.6) is 5.75 Å². The molecule has 4 nitrogen and oxygen atoms in total. The van der Waals surface area contributed by atoms with E-state index >= 15 is 0 Å². The molecule has 0 saturated heterocycles. The second kappa shape index (κ2) is 7.78. The Morgan fingerprint density at radius 3 is 2.41 bits per heavy atom. The van der Waals surface area contributed by atoms with Crippen molar-refractivity contribution in [3.05, 3.63) is 71.8 Å². The Balaban J connectivity index is 1.90. The molecule has 2 aromatic carbocycles. The summed E-state index contributed by atoms with van der Waals surface area (Å²) in [6, 6.07) is 16.0. The average Bonchev–Trinajstić information content (AvgIpc) is 2.58. The van der Waals surface area contributed by atoms with E-state index < -0.39 is 5.97 Å². The number of rotatable bonds is 6. The largest absolute Gasteiger partial charge is 0.496 e. The number of carbonyl (C=O) groups excluding carboxylic acids is 2. The molecule has 2 aromatic rings. The van der Waals surface area contributed by atoms with E-state index in [1.165, 1.54) is 6.08 Å². The van der Waals surface area contributed by atoms with E-state index in [1.54, 1.807) is 43.5 Å². The third-order valence-electron chi connectivity index (χ3n) is 2.98. The number of hydrogen-bond acceptors (Lipinski definition) is 4. The van der Waals surface area contributed by atoms with E-state index in [9.17, 15) is 9.59 Å². The fraction of sp³-hybridized carbons (Fsp3) is 0.111. The van der Waals surface area contributed by atoms with Gasteiger partial charge in [-0.3, -0.25) is 4.79 Å². The monoisotopic (exact) mass is 296 g/mol. The maximum atomic E-state index is 11.8. The van der Waals surface area contributed by atoms with Crippen molar-refractivity contribution in [3.63, 3.8) is 0 Å². The van der Waals surface area contributed by atoms with Gasteiger partial charge in [0.1, 0.15) is 5.75 Å². The van der Waals surface area contributed by atoms with Gasteiger partial charge in [0.2, 0.25) is 0 Å². The van der Waals surface area contributed by atoms with Gasteiger partial charge in [-0.05, 0) is 12.1 Å². The lowest BCUT2D eigenvalue weighted by Gasteiger charge is -2.04. The highest BCUT2D eigenvalue weighted by molar-refractivity contribution is 5.98. The number of Topliss-reactive ketones (excluding diaryl/α,β-unsaturated/α-hetero) is 1. The third kappa shape index (κ3) is 4.31. The molecule has 112 valence electrons. The van der Waals surface area contributed by atoms with E-state index in [0.29, 0.717) is 11.3 Å². The summed E-state index contributed by atoms with van der Waals surface area (Å²) in [7, 11) is 1.56. The summed E-state index contributed by atoms with van der Waals surface area (Å²) >= 11 is 0. The Labute approximate surface area is 129 Å². The Morgan fingerprint density at radius 1 is 1.00 bits per heavy atom. The summed E-state index contributed by atoms with van der Waals surface area (Å²) in [6.07, 6.45) is 2.87. The van der Waals surface area contributed by atoms with Gasteiger partial charge in [0.15, 0.2) is 12.4 Å². The second-order valence-corrected chi connectivity index (χ2v) is 4.47. The second-order valence-electron chi connectivity index (χ2n) is 4.47. The molecule has 0 heterocycles. The fourth-order valence-corrected chi connectivity index (χ4v) is 1.85. The first-order valence-electron chi connectivity index (χ1n) is 6.77. The van der Waals surface area contributed by atoms with Crippen molar-refractivity contribution in [1.82, 2.24) is 0 Å². The molecule has 0 fully saturated rings. The first kappa shape index (κ1) is 15.5. The molecule has 0 radical (unpaired) electrons. The Bertz CT molecular complexity index is 674. The first-order valence-corrected chi connectivity index (χ1v) is 6.77. The Morgan fingerprint density at radius 2 is 1.68 bits per heavy atom. The van der Waals surface area contributed by atoms with Crippen LogP contribution >= 0.6 is 0 Å². The molecule has 0 N–H and O–H groups in total. The number of esters is 1. The van der Waals surface area contributed by atoms with Gasteiger partial charge in [0.25, 0.3) is 0 Å². The minimum atomic E-state index is -0.574. The molecule has 0 saturated carbocycles. The van der Waals surface area contributed by atoms with Crippen LogP contribution in [0.15, 0.2) is 60.7 Å². The zero-order chi connectivity index (χ0) is 15.8. The molecule has 0 aliphatic rings. The highest BCUT2D eigenvalue weighted by atomic mass is 16.5. The molecule has 0 unspecified atom stereocenters. The van der Waals surface area contributed by atoms with Crippen molar-refractivity contribution >= 4 is 17.8 Å². The van der Waals surface area contributed by atoms with Crippen molar-refractivity contribution in [1.29, 1.82) is 0 Å². The summed E-state index contributed by atoms with van der Waals surface area (Å²) in [5, 5.41) is 0. The van der Waals surface area contributed by atoms with Crippen LogP contribution in [0.3, 0.4) is 0 Å². The summed E-state index contributed by atoms with van der Waals surface area (Å²) in [5.74, 6) is -0.151. The highest BCUT2D eigenvalue weighted by Gasteiger charge is 2.07. The lowest BCUT2D eigenvalue weighted by molar-refractivity contribution is -0.136. The molecule has 0 amide bonds. The van der Waals surface area contributed by atoms with Gasteiger partial charge in [-0.1, -0.05) is 48.5 Å². The molecular weight excluding hydrogens is 280 g/mol. The SMILES string of the molecule is COc1ccccc1/C=C/C(=O)OCC(=O)c1ccccc1. The first-order chi connectivity index (χ1) is 10.7. The molecule has 0 bridgehead atoms. The molecule has 0 aliphatic heterocycles.